The van der Waals surface area contributed by atoms with Gasteiger partial charge in [-0.15, -0.1) is 0 Å². The topological polar surface area (TPSA) is 88.2 Å². The maximum absolute atomic E-state index is 12.3. The molecule has 1 rings (SSSR count). The third-order valence-corrected chi connectivity index (χ3v) is 2.89. The second-order valence-electron chi connectivity index (χ2n) is 6.33. The Morgan fingerprint density at radius 3 is 2.26 bits per heavy atom. The summed E-state index contributed by atoms with van der Waals surface area (Å²) >= 11 is 0. The zero-order chi connectivity index (χ0) is 14.8. The molecule has 0 aromatic heterocycles. The van der Waals surface area contributed by atoms with E-state index in [9.17, 15) is 4.79 Å². The minimum atomic E-state index is -0.559. The van der Waals surface area contributed by atoms with Gasteiger partial charge in [-0.2, -0.15) is 0 Å². The van der Waals surface area contributed by atoms with Crippen LogP contribution in [0.15, 0.2) is 5.16 Å². The number of oxime groups is 1. The van der Waals surface area contributed by atoms with E-state index in [4.69, 9.17) is 15.7 Å². The molecule has 1 aliphatic rings. The maximum atomic E-state index is 12.3. The molecule has 110 valence electrons. The van der Waals surface area contributed by atoms with E-state index in [0.717, 1.165) is 12.8 Å². The molecule has 1 fully saturated rings. The SMILES string of the molecule is CC(C)C(/C(N)=N/O)N(C(=O)OC(C)(C)C)C1CC1. The fourth-order valence-electron chi connectivity index (χ4n) is 2.02. The predicted molar refractivity (Wildman–Crippen MR) is 73.1 cm³/mol. The van der Waals surface area contributed by atoms with Crippen LogP contribution in [-0.4, -0.2) is 39.7 Å². The van der Waals surface area contributed by atoms with Gasteiger partial charge < -0.3 is 15.7 Å². The fraction of sp³-hybridized carbons (Fsp3) is 0.846. The second kappa shape index (κ2) is 5.67. The first-order chi connectivity index (χ1) is 8.67. The lowest BCUT2D eigenvalue weighted by Gasteiger charge is -2.35. The van der Waals surface area contributed by atoms with Crippen LogP contribution in [0.5, 0.6) is 0 Å². The average molecular weight is 271 g/mol. The third-order valence-electron chi connectivity index (χ3n) is 2.89. The minimum absolute atomic E-state index is 0.0454. The molecule has 0 spiro atoms. The lowest BCUT2D eigenvalue weighted by Crippen LogP contribution is -2.53. The van der Waals surface area contributed by atoms with Gasteiger partial charge in [-0.25, -0.2) is 4.79 Å². The summed E-state index contributed by atoms with van der Waals surface area (Å²) in [6, 6.07) is -0.310. The molecule has 0 aromatic carbocycles. The number of hydrogen-bond donors (Lipinski definition) is 2. The van der Waals surface area contributed by atoms with E-state index in [1.165, 1.54) is 0 Å². The van der Waals surface area contributed by atoms with Gasteiger partial charge in [0.2, 0.25) is 0 Å². The molecule has 0 aromatic rings. The molecule has 6 nitrogen and oxygen atoms in total. The molecule has 0 aliphatic heterocycles. The lowest BCUT2D eigenvalue weighted by molar-refractivity contribution is 0.0156. The van der Waals surface area contributed by atoms with Gasteiger partial charge in [-0.1, -0.05) is 19.0 Å². The molecule has 0 saturated heterocycles. The van der Waals surface area contributed by atoms with Crippen LogP contribution < -0.4 is 5.73 Å². The normalized spacial score (nSPS) is 18.3. The van der Waals surface area contributed by atoms with E-state index in [1.54, 1.807) is 4.90 Å². The Hall–Kier alpha value is -1.46. The highest BCUT2D eigenvalue weighted by atomic mass is 16.6. The zero-order valence-electron chi connectivity index (χ0n) is 12.4. The number of hydrogen-bond acceptors (Lipinski definition) is 4. The number of carbonyl (C=O) groups excluding carboxylic acids is 1. The minimum Gasteiger partial charge on any atom is -0.444 e. The van der Waals surface area contributed by atoms with Crippen LogP contribution in [0.2, 0.25) is 0 Å². The van der Waals surface area contributed by atoms with Crippen molar-refractivity contribution in [1.82, 2.24) is 4.90 Å². The molecule has 0 radical (unpaired) electrons. The van der Waals surface area contributed by atoms with Gasteiger partial charge in [0.05, 0.1) is 6.04 Å². The summed E-state index contributed by atoms with van der Waals surface area (Å²) in [6.45, 7) is 9.34. The van der Waals surface area contributed by atoms with Crippen LogP contribution >= 0.6 is 0 Å². The zero-order valence-corrected chi connectivity index (χ0v) is 12.4. The summed E-state index contributed by atoms with van der Waals surface area (Å²) in [5, 5.41) is 12.0. The number of rotatable bonds is 4. The van der Waals surface area contributed by atoms with Crippen LogP contribution in [0, 0.1) is 5.92 Å². The number of amidine groups is 1. The maximum Gasteiger partial charge on any atom is 0.411 e. The van der Waals surface area contributed by atoms with E-state index in [1.807, 2.05) is 34.6 Å². The van der Waals surface area contributed by atoms with Gasteiger partial charge in [0.1, 0.15) is 5.60 Å². The van der Waals surface area contributed by atoms with Crippen molar-refractivity contribution in [2.75, 3.05) is 0 Å². The Morgan fingerprint density at radius 2 is 1.95 bits per heavy atom. The molecule has 6 heteroatoms. The van der Waals surface area contributed by atoms with Crippen LogP contribution in [0.1, 0.15) is 47.5 Å². The van der Waals surface area contributed by atoms with E-state index >= 15 is 0 Å². The second-order valence-corrected chi connectivity index (χ2v) is 6.33. The van der Waals surface area contributed by atoms with Gasteiger partial charge >= 0.3 is 6.09 Å². The quantitative estimate of drug-likeness (QED) is 0.355. The monoisotopic (exact) mass is 271 g/mol. The molecule has 19 heavy (non-hydrogen) atoms. The van der Waals surface area contributed by atoms with E-state index < -0.39 is 17.7 Å². The van der Waals surface area contributed by atoms with Crippen molar-refractivity contribution in [3.63, 3.8) is 0 Å². The standard InChI is InChI=1S/C13H25N3O3/c1-8(2)10(11(14)15-18)16(9-6-7-9)12(17)19-13(3,4)5/h8-10,18H,6-7H2,1-5H3,(H2,14,15). The summed E-state index contributed by atoms with van der Waals surface area (Å²) < 4.78 is 5.42. The summed E-state index contributed by atoms with van der Waals surface area (Å²) in [6.07, 6.45) is 1.46. The highest BCUT2D eigenvalue weighted by Gasteiger charge is 2.42. The fourth-order valence-corrected chi connectivity index (χ4v) is 2.02. The van der Waals surface area contributed by atoms with Crippen molar-refractivity contribution in [1.29, 1.82) is 0 Å². The molecular formula is C13H25N3O3. The molecule has 1 aliphatic carbocycles. The van der Waals surface area contributed by atoms with Crippen LogP contribution in [0.4, 0.5) is 4.79 Å². The van der Waals surface area contributed by atoms with Gasteiger partial charge in [0.25, 0.3) is 0 Å². The van der Waals surface area contributed by atoms with Crippen molar-refractivity contribution < 1.29 is 14.7 Å². The summed E-state index contributed by atoms with van der Waals surface area (Å²) in [7, 11) is 0. The van der Waals surface area contributed by atoms with Crippen molar-refractivity contribution in [3.05, 3.63) is 0 Å². The van der Waals surface area contributed by atoms with Crippen LogP contribution in [0.3, 0.4) is 0 Å². The number of amides is 1. The van der Waals surface area contributed by atoms with Gasteiger partial charge in [-0.3, -0.25) is 4.90 Å². The highest BCUT2D eigenvalue weighted by molar-refractivity contribution is 5.89. The Kier molecular flexibility index (Phi) is 4.66. The summed E-state index contributed by atoms with van der Waals surface area (Å²) in [5.74, 6) is 0.0942. The molecule has 0 heterocycles. The number of ether oxygens (including phenoxy) is 1. The first-order valence-electron chi connectivity index (χ1n) is 6.66. The van der Waals surface area contributed by atoms with Gasteiger partial charge in [-0.05, 0) is 39.5 Å². The first-order valence-corrected chi connectivity index (χ1v) is 6.66. The smallest absolute Gasteiger partial charge is 0.411 e. The number of nitrogens with zero attached hydrogens (tertiary/aromatic N) is 2. The Labute approximate surface area is 114 Å². The van der Waals surface area contributed by atoms with Crippen molar-refractivity contribution in [3.8, 4) is 0 Å². The van der Waals surface area contributed by atoms with E-state index in [-0.39, 0.29) is 17.8 Å². The Morgan fingerprint density at radius 1 is 1.42 bits per heavy atom. The van der Waals surface area contributed by atoms with Crippen LogP contribution in [-0.2, 0) is 4.74 Å². The number of nitrogens with two attached hydrogens (primary N) is 1. The highest BCUT2D eigenvalue weighted by Crippen LogP contribution is 2.32. The Balaban J connectivity index is 2.95. The third kappa shape index (κ3) is 4.29. The molecule has 1 unspecified atom stereocenters. The predicted octanol–water partition coefficient (Wildman–Crippen LogP) is 2.16. The summed E-state index contributed by atoms with van der Waals surface area (Å²) in [4.78, 5) is 13.9. The molecule has 3 N–H and O–H groups in total. The Bertz CT molecular complexity index is 357. The molecule has 1 amide bonds. The molecular weight excluding hydrogens is 246 g/mol. The largest absolute Gasteiger partial charge is 0.444 e. The van der Waals surface area contributed by atoms with E-state index in [2.05, 4.69) is 5.16 Å². The number of carbonyl (C=O) groups is 1. The van der Waals surface area contributed by atoms with Crippen molar-refractivity contribution in [2.24, 2.45) is 16.8 Å². The van der Waals surface area contributed by atoms with Gasteiger partial charge in [0, 0.05) is 6.04 Å². The lowest BCUT2D eigenvalue weighted by atomic mass is 10.0. The van der Waals surface area contributed by atoms with Gasteiger partial charge in [0.15, 0.2) is 5.84 Å². The van der Waals surface area contributed by atoms with E-state index in [0.29, 0.717) is 0 Å². The summed E-state index contributed by atoms with van der Waals surface area (Å²) in [5.41, 5.74) is 5.18. The molecule has 1 atom stereocenters. The van der Waals surface area contributed by atoms with Crippen molar-refractivity contribution >= 4 is 11.9 Å². The molecule has 1 saturated carbocycles. The first kappa shape index (κ1) is 15.6. The van der Waals surface area contributed by atoms with Crippen LogP contribution in [0.25, 0.3) is 0 Å². The molecule has 0 bridgehead atoms. The van der Waals surface area contributed by atoms with Crippen molar-refractivity contribution in [2.45, 2.75) is 65.1 Å². The average Bonchev–Trinajstić information content (AvgIpc) is 3.05.